The maximum Gasteiger partial charge on any atom is 0.410 e. The van der Waals surface area contributed by atoms with Gasteiger partial charge in [-0.3, -0.25) is 0 Å². The quantitative estimate of drug-likeness (QED) is 0.922. The van der Waals surface area contributed by atoms with E-state index < -0.39 is 11.7 Å². The molecule has 2 aromatic heterocycles. The number of carbonyl (C=O) groups excluding carboxylic acids is 1. The first-order chi connectivity index (χ1) is 11.2. The predicted octanol–water partition coefficient (Wildman–Crippen LogP) is 2.73. The Morgan fingerprint density at radius 3 is 2.83 bits per heavy atom. The first kappa shape index (κ1) is 17.5. The summed E-state index contributed by atoms with van der Waals surface area (Å²) in [6.45, 7) is 7.34. The zero-order chi connectivity index (χ0) is 17.9. The van der Waals surface area contributed by atoms with E-state index in [1.807, 2.05) is 33.8 Å². The van der Waals surface area contributed by atoms with Crippen LogP contribution < -0.4 is 0 Å². The predicted molar refractivity (Wildman–Crippen MR) is 86.0 cm³/mol. The maximum absolute atomic E-state index is 12.1. The fourth-order valence-corrected chi connectivity index (χ4v) is 1.95. The topological polar surface area (TPSA) is 108 Å². The smallest absolute Gasteiger partial charge is 0.410 e. The van der Waals surface area contributed by atoms with Crippen LogP contribution in [0.5, 0.6) is 0 Å². The fraction of sp³-hybridized carbons (Fsp3) is 0.500. The molecule has 128 valence electrons. The summed E-state index contributed by atoms with van der Waals surface area (Å²) in [4.78, 5) is 20.7. The van der Waals surface area contributed by atoms with Gasteiger partial charge in [0.05, 0.1) is 5.56 Å². The number of nitrogens with one attached hydrogen (secondary N) is 1. The number of nitriles is 1. The van der Waals surface area contributed by atoms with Crippen LogP contribution >= 0.6 is 0 Å². The van der Waals surface area contributed by atoms with Crippen molar-refractivity contribution >= 4 is 6.09 Å². The number of hydrogen-bond donors (Lipinski definition) is 1. The Hall–Kier alpha value is -2.82. The summed E-state index contributed by atoms with van der Waals surface area (Å²) in [5, 5.41) is 12.7. The molecule has 0 unspecified atom stereocenters. The molecular formula is C16H21N5O3. The van der Waals surface area contributed by atoms with Gasteiger partial charge in [-0.1, -0.05) is 5.16 Å². The first-order valence-corrected chi connectivity index (χ1v) is 7.57. The van der Waals surface area contributed by atoms with Crippen molar-refractivity contribution in [1.29, 1.82) is 5.26 Å². The van der Waals surface area contributed by atoms with Crippen LogP contribution in [0.1, 0.15) is 39.2 Å². The summed E-state index contributed by atoms with van der Waals surface area (Å²) in [6, 6.07) is 3.47. The third-order valence-electron chi connectivity index (χ3n) is 3.34. The van der Waals surface area contributed by atoms with Crippen molar-refractivity contribution in [3.63, 3.8) is 0 Å². The Bertz CT molecular complexity index is 750. The van der Waals surface area contributed by atoms with E-state index in [2.05, 4.69) is 15.1 Å². The second-order valence-electron chi connectivity index (χ2n) is 6.57. The molecule has 2 aromatic rings. The van der Waals surface area contributed by atoms with Crippen molar-refractivity contribution in [3.05, 3.63) is 23.8 Å². The van der Waals surface area contributed by atoms with Gasteiger partial charge in [-0.25, -0.2) is 4.79 Å². The Kier molecular flexibility index (Phi) is 4.93. The lowest BCUT2D eigenvalue weighted by Gasteiger charge is -2.28. The number of hydrogen-bond acceptors (Lipinski definition) is 6. The summed E-state index contributed by atoms with van der Waals surface area (Å²) in [5.74, 6) is 0.808. The molecule has 1 amide bonds. The molecule has 0 aliphatic rings. The molecule has 0 aromatic carbocycles. The number of amides is 1. The van der Waals surface area contributed by atoms with Gasteiger partial charge in [0, 0.05) is 25.7 Å². The van der Waals surface area contributed by atoms with E-state index >= 15 is 0 Å². The molecule has 2 rings (SSSR count). The van der Waals surface area contributed by atoms with Gasteiger partial charge in [-0.15, -0.1) is 0 Å². The van der Waals surface area contributed by atoms with Crippen molar-refractivity contribution in [2.24, 2.45) is 0 Å². The lowest BCUT2D eigenvalue weighted by molar-refractivity contribution is 0.0234. The Morgan fingerprint density at radius 2 is 2.25 bits per heavy atom. The van der Waals surface area contributed by atoms with Crippen LogP contribution in [-0.4, -0.2) is 44.8 Å². The standard InChI is InChI=1S/C16H21N5O3/c1-10(21(5)15(22)23-16(2,3)4)6-13-19-14(24-20-13)11-7-12(8-17)18-9-11/h7,9-10,18H,6H2,1-5H3/t10-/m0/s1. The van der Waals surface area contributed by atoms with Gasteiger partial charge in [0.25, 0.3) is 5.89 Å². The van der Waals surface area contributed by atoms with E-state index in [9.17, 15) is 4.79 Å². The number of nitrogens with zero attached hydrogens (tertiary/aromatic N) is 4. The van der Waals surface area contributed by atoms with E-state index in [0.717, 1.165) is 0 Å². The van der Waals surface area contributed by atoms with Gasteiger partial charge < -0.3 is 19.1 Å². The summed E-state index contributed by atoms with van der Waals surface area (Å²) >= 11 is 0. The number of rotatable bonds is 4. The fourth-order valence-electron chi connectivity index (χ4n) is 1.95. The molecule has 0 spiro atoms. The monoisotopic (exact) mass is 331 g/mol. The Morgan fingerprint density at radius 1 is 1.54 bits per heavy atom. The lowest BCUT2D eigenvalue weighted by Crippen LogP contribution is -2.40. The van der Waals surface area contributed by atoms with Crippen molar-refractivity contribution in [1.82, 2.24) is 20.0 Å². The first-order valence-electron chi connectivity index (χ1n) is 7.57. The van der Waals surface area contributed by atoms with Crippen molar-refractivity contribution in [2.75, 3.05) is 7.05 Å². The Labute approximate surface area is 140 Å². The number of carbonyl (C=O) groups is 1. The molecule has 0 radical (unpaired) electrons. The number of H-pyrrole nitrogens is 1. The average Bonchev–Trinajstić information content (AvgIpc) is 3.12. The second-order valence-corrected chi connectivity index (χ2v) is 6.57. The minimum Gasteiger partial charge on any atom is -0.444 e. The van der Waals surface area contributed by atoms with E-state index in [4.69, 9.17) is 14.5 Å². The SMILES string of the molecule is C[C@@H](Cc1noc(-c2c[nH]c(C#N)c2)n1)N(C)C(=O)OC(C)(C)C. The van der Waals surface area contributed by atoms with Crippen LogP contribution in [0.2, 0.25) is 0 Å². The zero-order valence-corrected chi connectivity index (χ0v) is 14.5. The molecule has 0 bridgehead atoms. The minimum atomic E-state index is -0.545. The van der Waals surface area contributed by atoms with Crippen molar-refractivity contribution in [2.45, 2.75) is 45.8 Å². The molecule has 24 heavy (non-hydrogen) atoms. The third-order valence-corrected chi connectivity index (χ3v) is 3.34. The van der Waals surface area contributed by atoms with E-state index in [1.165, 1.54) is 4.90 Å². The normalized spacial score (nSPS) is 12.5. The van der Waals surface area contributed by atoms with Gasteiger partial charge in [-0.05, 0) is 33.8 Å². The molecule has 8 heteroatoms. The number of ether oxygens (including phenoxy) is 1. The van der Waals surface area contributed by atoms with Crippen molar-refractivity contribution < 1.29 is 14.1 Å². The van der Waals surface area contributed by atoms with Crippen LogP contribution in [0.15, 0.2) is 16.8 Å². The van der Waals surface area contributed by atoms with Gasteiger partial charge in [-0.2, -0.15) is 10.2 Å². The van der Waals surface area contributed by atoms with Crippen LogP contribution in [0.3, 0.4) is 0 Å². The molecule has 0 saturated carbocycles. The van der Waals surface area contributed by atoms with Crippen LogP contribution in [-0.2, 0) is 11.2 Å². The van der Waals surface area contributed by atoms with E-state index in [1.54, 1.807) is 19.3 Å². The molecule has 1 atom stereocenters. The van der Waals surface area contributed by atoms with Gasteiger partial charge in [0.2, 0.25) is 0 Å². The van der Waals surface area contributed by atoms with Gasteiger partial charge in [0.1, 0.15) is 17.4 Å². The molecule has 0 aliphatic heterocycles. The lowest BCUT2D eigenvalue weighted by atomic mass is 10.2. The highest BCUT2D eigenvalue weighted by molar-refractivity contribution is 5.68. The van der Waals surface area contributed by atoms with Gasteiger partial charge >= 0.3 is 6.09 Å². The average molecular weight is 331 g/mol. The van der Waals surface area contributed by atoms with Crippen LogP contribution in [0.4, 0.5) is 4.79 Å². The van der Waals surface area contributed by atoms with Crippen molar-refractivity contribution in [3.8, 4) is 17.5 Å². The third kappa shape index (κ3) is 4.35. The molecule has 0 aliphatic carbocycles. The number of aromatic amines is 1. The van der Waals surface area contributed by atoms with Gasteiger partial charge in [0.15, 0.2) is 5.82 Å². The largest absolute Gasteiger partial charge is 0.444 e. The van der Waals surface area contributed by atoms with E-state index in [-0.39, 0.29) is 6.04 Å². The molecule has 1 N–H and O–H groups in total. The minimum absolute atomic E-state index is 0.161. The maximum atomic E-state index is 12.1. The van der Waals surface area contributed by atoms with E-state index in [0.29, 0.717) is 29.4 Å². The van der Waals surface area contributed by atoms with Crippen LogP contribution in [0.25, 0.3) is 11.5 Å². The molecule has 2 heterocycles. The summed E-state index contributed by atoms with van der Waals surface area (Å²) in [5.41, 5.74) is 0.526. The highest BCUT2D eigenvalue weighted by atomic mass is 16.6. The zero-order valence-electron chi connectivity index (χ0n) is 14.5. The molecular weight excluding hydrogens is 310 g/mol. The Balaban J connectivity index is 2.01. The second kappa shape index (κ2) is 6.74. The number of aromatic nitrogens is 3. The highest BCUT2D eigenvalue weighted by Gasteiger charge is 2.24. The summed E-state index contributed by atoms with van der Waals surface area (Å²) in [6.07, 6.45) is 1.66. The molecule has 0 saturated heterocycles. The van der Waals surface area contributed by atoms with Crippen LogP contribution in [0, 0.1) is 11.3 Å². The summed E-state index contributed by atoms with van der Waals surface area (Å²) in [7, 11) is 1.67. The molecule has 8 nitrogen and oxygen atoms in total. The number of likely N-dealkylation sites (N-methyl/N-ethyl adjacent to an activating group) is 1. The molecule has 0 fully saturated rings. The highest BCUT2D eigenvalue weighted by Crippen LogP contribution is 2.19. The summed E-state index contributed by atoms with van der Waals surface area (Å²) < 4.78 is 10.5.